The van der Waals surface area contributed by atoms with E-state index in [1.165, 1.54) is 0 Å². The van der Waals surface area contributed by atoms with Crippen molar-refractivity contribution in [3.63, 3.8) is 0 Å². The van der Waals surface area contributed by atoms with Crippen molar-refractivity contribution in [1.29, 1.82) is 0 Å². The molecule has 1 aromatic carbocycles. The van der Waals surface area contributed by atoms with E-state index in [9.17, 15) is 9.90 Å². The van der Waals surface area contributed by atoms with Crippen LogP contribution in [0.2, 0.25) is 0 Å². The maximum absolute atomic E-state index is 12.2. The van der Waals surface area contributed by atoms with Crippen LogP contribution < -0.4 is 0 Å². The molecule has 0 radical (unpaired) electrons. The molecule has 1 N–H and O–H groups in total. The zero-order chi connectivity index (χ0) is 13.7. The number of aliphatic hydroxyl groups is 1. The van der Waals surface area contributed by atoms with Crippen LogP contribution in [0.5, 0.6) is 0 Å². The van der Waals surface area contributed by atoms with Crippen molar-refractivity contribution in [3.8, 4) is 0 Å². The van der Waals surface area contributed by atoms with Crippen LogP contribution in [-0.2, 0) is 14.3 Å². The zero-order valence-corrected chi connectivity index (χ0v) is 11.2. The van der Waals surface area contributed by atoms with Crippen molar-refractivity contribution < 1.29 is 19.4 Å². The average Bonchev–Trinajstić information content (AvgIpc) is 2.41. The van der Waals surface area contributed by atoms with Gasteiger partial charge in [-0.05, 0) is 12.5 Å². The maximum Gasteiger partial charge on any atom is 0.316 e. The summed E-state index contributed by atoms with van der Waals surface area (Å²) in [6.45, 7) is 3.03. The summed E-state index contributed by atoms with van der Waals surface area (Å²) in [5.74, 6) is -1.00. The summed E-state index contributed by atoms with van der Waals surface area (Å²) >= 11 is 0. The molecule has 0 aliphatic carbocycles. The van der Waals surface area contributed by atoms with Gasteiger partial charge in [-0.2, -0.15) is 0 Å². The van der Waals surface area contributed by atoms with Gasteiger partial charge < -0.3 is 14.6 Å². The fourth-order valence-corrected chi connectivity index (χ4v) is 2.55. The minimum absolute atomic E-state index is 0.314. The van der Waals surface area contributed by atoms with E-state index in [1.807, 2.05) is 30.3 Å². The number of hydrogen-bond donors (Lipinski definition) is 1. The molecule has 1 unspecified atom stereocenters. The van der Waals surface area contributed by atoms with E-state index in [-0.39, 0.29) is 5.97 Å². The van der Waals surface area contributed by atoms with E-state index in [0.717, 1.165) is 5.56 Å². The van der Waals surface area contributed by atoms with Crippen molar-refractivity contribution in [2.45, 2.75) is 31.3 Å². The second-order valence-electron chi connectivity index (χ2n) is 4.81. The van der Waals surface area contributed by atoms with Crippen LogP contribution in [-0.4, -0.2) is 36.5 Å². The monoisotopic (exact) mass is 264 g/mol. The van der Waals surface area contributed by atoms with Gasteiger partial charge >= 0.3 is 5.97 Å². The molecule has 4 heteroatoms. The van der Waals surface area contributed by atoms with Gasteiger partial charge in [-0.1, -0.05) is 30.3 Å². The van der Waals surface area contributed by atoms with E-state index in [2.05, 4.69) is 0 Å². The summed E-state index contributed by atoms with van der Waals surface area (Å²) in [4.78, 5) is 12.2. The van der Waals surface area contributed by atoms with Gasteiger partial charge in [0, 0.05) is 26.1 Å². The quantitative estimate of drug-likeness (QED) is 0.844. The minimum atomic E-state index is -1.08. The predicted molar refractivity (Wildman–Crippen MR) is 70.8 cm³/mol. The van der Waals surface area contributed by atoms with Gasteiger partial charge in [-0.15, -0.1) is 0 Å². The number of carbonyl (C=O) groups is 1. The van der Waals surface area contributed by atoms with Gasteiger partial charge in [0.1, 0.15) is 5.92 Å². The highest BCUT2D eigenvalue weighted by molar-refractivity contribution is 5.79. The number of rotatable bonds is 4. The van der Waals surface area contributed by atoms with Gasteiger partial charge in [0.2, 0.25) is 0 Å². The van der Waals surface area contributed by atoms with Crippen LogP contribution in [0, 0.1) is 0 Å². The molecule has 1 fully saturated rings. The van der Waals surface area contributed by atoms with Crippen molar-refractivity contribution in [1.82, 2.24) is 0 Å². The summed E-state index contributed by atoms with van der Waals surface area (Å²) in [5, 5.41) is 10.8. The normalized spacial score (nSPS) is 19.7. The lowest BCUT2D eigenvalue weighted by Gasteiger charge is -2.37. The SMILES string of the molecule is CCOC(=O)C(c1ccccc1)C1(O)CCOCC1. The molecule has 104 valence electrons. The Morgan fingerprint density at radius 1 is 1.37 bits per heavy atom. The van der Waals surface area contributed by atoms with Gasteiger partial charge in [0.05, 0.1) is 12.2 Å². The lowest BCUT2D eigenvalue weighted by atomic mass is 9.77. The van der Waals surface area contributed by atoms with E-state index in [4.69, 9.17) is 9.47 Å². The Labute approximate surface area is 113 Å². The topological polar surface area (TPSA) is 55.8 Å². The smallest absolute Gasteiger partial charge is 0.316 e. The molecular weight excluding hydrogens is 244 g/mol. The number of benzene rings is 1. The Bertz CT molecular complexity index is 409. The molecule has 0 saturated carbocycles. The van der Waals surface area contributed by atoms with Crippen LogP contribution in [0.4, 0.5) is 0 Å². The highest BCUT2D eigenvalue weighted by Gasteiger charge is 2.44. The average molecular weight is 264 g/mol. The molecule has 1 aliphatic heterocycles. The van der Waals surface area contributed by atoms with Gasteiger partial charge in [-0.25, -0.2) is 0 Å². The molecular formula is C15H20O4. The fraction of sp³-hybridized carbons (Fsp3) is 0.533. The Balaban J connectivity index is 2.31. The fourth-order valence-electron chi connectivity index (χ4n) is 2.55. The number of ether oxygens (including phenoxy) is 2. The Morgan fingerprint density at radius 2 is 2.00 bits per heavy atom. The third kappa shape index (κ3) is 3.14. The minimum Gasteiger partial charge on any atom is -0.465 e. The van der Waals surface area contributed by atoms with Crippen molar-refractivity contribution >= 4 is 5.97 Å². The van der Waals surface area contributed by atoms with Crippen LogP contribution >= 0.6 is 0 Å². The maximum atomic E-state index is 12.2. The third-order valence-electron chi connectivity index (χ3n) is 3.55. The molecule has 0 spiro atoms. The van der Waals surface area contributed by atoms with E-state index >= 15 is 0 Å². The van der Waals surface area contributed by atoms with Crippen LogP contribution in [0.3, 0.4) is 0 Å². The molecule has 0 bridgehead atoms. The lowest BCUT2D eigenvalue weighted by molar-refractivity contribution is -0.157. The highest BCUT2D eigenvalue weighted by Crippen LogP contribution is 2.37. The summed E-state index contributed by atoms with van der Waals surface area (Å²) in [7, 11) is 0. The van der Waals surface area contributed by atoms with E-state index in [1.54, 1.807) is 6.92 Å². The molecule has 1 heterocycles. The molecule has 2 rings (SSSR count). The predicted octanol–water partition coefficient (Wildman–Crippen LogP) is 1.87. The second-order valence-corrected chi connectivity index (χ2v) is 4.81. The van der Waals surface area contributed by atoms with E-state index < -0.39 is 11.5 Å². The molecule has 1 aromatic rings. The summed E-state index contributed by atoms with van der Waals surface area (Å²) < 4.78 is 10.4. The van der Waals surface area contributed by atoms with Gasteiger partial charge in [-0.3, -0.25) is 4.79 Å². The Morgan fingerprint density at radius 3 is 2.58 bits per heavy atom. The van der Waals surface area contributed by atoms with Crippen LogP contribution in [0.1, 0.15) is 31.2 Å². The molecule has 1 aliphatic rings. The third-order valence-corrected chi connectivity index (χ3v) is 3.55. The molecule has 0 aromatic heterocycles. The molecule has 1 saturated heterocycles. The Kier molecular flexibility index (Phi) is 4.56. The van der Waals surface area contributed by atoms with Gasteiger partial charge in [0.15, 0.2) is 0 Å². The van der Waals surface area contributed by atoms with E-state index in [0.29, 0.717) is 32.7 Å². The first kappa shape index (κ1) is 14.0. The summed E-state index contributed by atoms with van der Waals surface area (Å²) in [5.41, 5.74) is -0.281. The molecule has 19 heavy (non-hydrogen) atoms. The summed E-state index contributed by atoms with van der Waals surface area (Å²) in [6.07, 6.45) is 0.900. The van der Waals surface area contributed by atoms with Crippen LogP contribution in [0.25, 0.3) is 0 Å². The first-order valence-electron chi connectivity index (χ1n) is 6.69. The van der Waals surface area contributed by atoms with Gasteiger partial charge in [0.25, 0.3) is 0 Å². The highest BCUT2D eigenvalue weighted by atomic mass is 16.5. The number of carbonyl (C=O) groups excluding carboxylic acids is 1. The largest absolute Gasteiger partial charge is 0.465 e. The molecule has 1 atom stereocenters. The van der Waals surface area contributed by atoms with Crippen LogP contribution in [0.15, 0.2) is 30.3 Å². The first-order valence-corrected chi connectivity index (χ1v) is 6.69. The number of hydrogen-bond acceptors (Lipinski definition) is 4. The second kappa shape index (κ2) is 6.17. The number of esters is 1. The zero-order valence-electron chi connectivity index (χ0n) is 11.2. The van der Waals surface area contributed by atoms with Crippen molar-refractivity contribution in [2.24, 2.45) is 0 Å². The van der Waals surface area contributed by atoms with Crippen molar-refractivity contribution in [3.05, 3.63) is 35.9 Å². The van der Waals surface area contributed by atoms with Crippen molar-refractivity contribution in [2.75, 3.05) is 19.8 Å². The summed E-state index contributed by atoms with van der Waals surface area (Å²) in [6, 6.07) is 9.33. The standard InChI is InChI=1S/C15H20O4/c1-2-19-14(16)13(12-6-4-3-5-7-12)15(17)8-10-18-11-9-15/h3-7,13,17H,2,8-11H2,1H3. The lowest BCUT2D eigenvalue weighted by Crippen LogP contribution is -2.45. The molecule has 0 amide bonds. The first-order chi connectivity index (χ1) is 9.17. The Hall–Kier alpha value is -1.39. The molecule has 4 nitrogen and oxygen atoms in total.